The Hall–Kier alpha value is -2.66. The van der Waals surface area contributed by atoms with Gasteiger partial charge in [0, 0.05) is 18.7 Å². The van der Waals surface area contributed by atoms with Gasteiger partial charge in [-0.05, 0) is 0 Å². The van der Waals surface area contributed by atoms with E-state index in [4.69, 9.17) is 57.2 Å². The van der Waals surface area contributed by atoms with E-state index in [9.17, 15) is 19.2 Å². The molecule has 0 saturated heterocycles. The summed E-state index contributed by atoms with van der Waals surface area (Å²) >= 11 is 0. The fourth-order valence-corrected chi connectivity index (χ4v) is 3.65. The maximum absolute atomic E-state index is 11.4. The molecule has 51 heavy (non-hydrogen) atoms. The van der Waals surface area contributed by atoms with E-state index in [0.29, 0.717) is 145 Å². The molecule has 0 aromatic rings. The average Bonchev–Trinajstić information content (AvgIpc) is 3.43. The second-order valence-electron chi connectivity index (χ2n) is 10.1. The van der Waals surface area contributed by atoms with Gasteiger partial charge in [-0.1, -0.05) is 0 Å². The number of aliphatic carboxylic acids is 1. The molecule has 19 heteroatoms. The van der Waals surface area contributed by atoms with Crippen molar-refractivity contribution < 1.29 is 81.1 Å². The molecule has 1 aliphatic heterocycles. The quantitative estimate of drug-likeness (QED) is 0.0530. The SMILES string of the molecule is O=C(O)COCC(=O)NCCOCCOCCOCCOCCOCCOCCOCCOCCOCCOCCOCCN1C(=O)C=CC1=O. The van der Waals surface area contributed by atoms with Crippen LogP contribution in [0.15, 0.2) is 12.2 Å². The van der Waals surface area contributed by atoms with Gasteiger partial charge in [-0.25, -0.2) is 4.79 Å². The van der Waals surface area contributed by atoms with Crippen LogP contribution in [0.5, 0.6) is 0 Å². The first-order valence-electron chi connectivity index (χ1n) is 17.0. The van der Waals surface area contributed by atoms with Crippen LogP contribution in [0.4, 0.5) is 0 Å². The van der Waals surface area contributed by atoms with Gasteiger partial charge in [-0.15, -0.1) is 0 Å². The van der Waals surface area contributed by atoms with E-state index in [1.807, 2.05) is 0 Å². The summed E-state index contributed by atoms with van der Waals surface area (Å²) in [4.78, 5) is 45.6. The molecular weight excluding hydrogens is 684 g/mol. The summed E-state index contributed by atoms with van der Waals surface area (Å²) in [7, 11) is 0. The van der Waals surface area contributed by atoms with Crippen LogP contribution >= 0.6 is 0 Å². The first kappa shape index (κ1) is 46.4. The molecule has 0 aromatic heterocycles. The van der Waals surface area contributed by atoms with Crippen LogP contribution in [-0.4, -0.2) is 205 Å². The minimum atomic E-state index is -1.13. The van der Waals surface area contributed by atoms with Crippen molar-refractivity contribution in [2.45, 2.75) is 0 Å². The summed E-state index contributed by atoms with van der Waals surface area (Å²) in [5.74, 6) is -2.16. The topological polar surface area (TPSA) is 215 Å². The number of rotatable bonds is 40. The molecule has 0 saturated carbocycles. The minimum Gasteiger partial charge on any atom is -0.480 e. The van der Waals surface area contributed by atoms with Gasteiger partial charge in [0.05, 0.1) is 152 Å². The molecule has 0 fully saturated rings. The van der Waals surface area contributed by atoms with Crippen molar-refractivity contribution in [1.29, 1.82) is 0 Å². The second-order valence-corrected chi connectivity index (χ2v) is 10.1. The van der Waals surface area contributed by atoms with Gasteiger partial charge < -0.3 is 67.3 Å². The number of amides is 3. The van der Waals surface area contributed by atoms with Crippen LogP contribution < -0.4 is 5.32 Å². The van der Waals surface area contributed by atoms with Gasteiger partial charge in [0.25, 0.3) is 11.8 Å². The molecule has 0 radical (unpaired) electrons. The molecule has 0 bridgehead atoms. The molecule has 0 atom stereocenters. The zero-order valence-electron chi connectivity index (χ0n) is 29.5. The third-order valence-electron chi connectivity index (χ3n) is 6.11. The lowest BCUT2D eigenvalue weighted by molar-refractivity contribution is -0.144. The van der Waals surface area contributed by atoms with Crippen LogP contribution in [0.25, 0.3) is 0 Å². The monoisotopic (exact) mass is 740 g/mol. The first-order valence-corrected chi connectivity index (χ1v) is 17.0. The van der Waals surface area contributed by atoms with E-state index < -0.39 is 18.5 Å². The van der Waals surface area contributed by atoms with Crippen molar-refractivity contribution in [2.24, 2.45) is 0 Å². The number of hydrogen-bond donors (Lipinski definition) is 2. The van der Waals surface area contributed by atoms with Crippen molar-refractivity contribution in [1.82, 2.24) is 10.2 Å². The fraction of sp³-hybridized carbons (Fsp3) is 0.812. The highest BCUT2D eigenvalue weighted by Crippen LogP contribution is 2.02. The van der Waals surface area contributed by atoms with Crippen LogP contribution in [0.1, 0.15) is 0 Å². The molecule has 3 amide bonds. The number of carbonyl (C=O) groups excluding carboxylic acids is 3. The molecule has 0 unspecified atom stereocenters. The molecule has 1 rings (SSSR count). The smallest absolute Gasteiger partial charge is 0.329 e. The maximum Gasteiger partial charge on any atom is 0.329 e. The van der Waals surface area contributed by atoms with Crippen LogP contribution in [0.2, 0.25) is 0 Å². The molecule has 0 aliphatic carbocycles. The summed E-state index contributed by atoms with van der Waals surface area (Å²) in [5, 5.41) is 11.0. The third-order valence-corrected chi connectivity index (χ3v) is 6.11. The summed E-state index contributed by atoms with van der Waals surface area (Å²) in [6.07, 6.45) is 2.50. The minimum absolute atomic E-state index is 0.230. The summed E-state index contributed by atoms with van der Waals surface area (Å²) in [5.41, 5.74) is 0. The average molecular weight is 741 g/mol. The van der Waals surface area contributed by atoms with Gasteiger partial charge in [-0.2, -0.15) is 0 Å². The number of carbonyl (C=O) groups is 4. The third kappa shape index (κ3) is 31.8. The fourth-order valence-electron chi connectivity index (χ4n) is 3.65. The molecule has 1 heterocycles. The predicted octanol–water partition coefficient (Wildman–Crippen LogP) is -1.69. The number of ether oxygens (including phenoxy) is 12. The predicted molar refractivity (Wildman–Crippen MR) is 176 cm³/mol. The van der Waals surface area contributed by atoms with Crippen LogP contribution in [0, 0.1) is 0 Å². The van der Waals surface area contributed by atoms with Crippen molar-refractivity contribution in [3.63, 3.8) is 0 Å². The molecule has 1 aliphatic rings. The van der Waals surface area contributed by atoms with Crippen LogP contribution in [-0.2, 0) is 76.0 Å². The second kappa shape index (κ2) is 35.7. The Balaban J connectivity index is 1.63. The molecular formula is C32H56N2O17. The highest BCUT2D eigenvalue weighted by atomic mass is 16.6. The number of nitrogens with zero attached hydrogens (tertiary/aromatic N) is 1. The number of hydrogen-bond acceptors (Lipinski definition) is 16. The maximum atomic E-state index is 11.4. The van der Waals surface area contributed by atoms with E-state index >= 15 is 0 Å². The van der Waals surface area contributed by atoms with E-state index in [-0.39, 0.29) is 31.6 Å². The molecule has 296 valence electrons. The highest BCUT2D eigenvalue weighted by molar-refractivity contribution is 6.12. The Labute approximate surface area is 298 Å². The van der Waals surface area contributed by atoms with Gasteiger partial charge >= 0.3 is 5.97 Å². The standard InChI is InChI=1S/C32H56N2O17/c35-29(27-51-28-32(38)39)33-3-5-40-7-9-42-11-13-44-15-17-46-19-21-48-23-25-50-26-24-49-22-20-47-18-16-45-14-12-43-10-8-41-6-4-34-30(36)1-2-31(34)37/h1-2H,3-28H2,(H,33,35)(H,38,39). The normalized spacial score (nSPS) is 12.7. The number of nitrogens with one attached hydrogen (secondary N) is 1. The number of carboxylic acid groups (broad SMARTS) is 1. The van der Waals surface area contributed by atoms with Crippen molar-refractivity contribution in [3.05, 3.63) is 12.2 Å². The Bertz CT molecular complexity index is 893. The van der Waals surface area contributed by atoms with E-state index in [0.717, 1.165) is 4.90 Å². The Kier molecular flexibility index (Phi) is 32.5. The number of carboxylic acids is 1. The molecule has 19 nitrogen and oxygen atoms in total. The molecule has 2 N–H and O–H groups in total. The highest BCUT2D eigenvalue weighted by Gasteiger charge is 2.22. The zero-order chi connectivity index (χ0) is 36.9. The lowest BCUT2D eigenvalue weighted by Crippen LogP contribution is -2.33. The van der Waals surface area contributed by atoms with Gasteiger partial charge in [0.15, 0.2) is 0 Å². The van der Waals surface area contributed by atoms with E-state index in [1.54, 1.807) is 0 Å². The van der Waals surface area contributed by atoms with Crippen LogP contribution in [0.3, 0.4) is 0 Å². The zero-order valence-corrected chi connectivity index (χ0v) is 29.5. The first-order chi connectivity index (χ1) is 25.0. The van der Waals surface area contributed by atoms with E-state index in [1.165, 1.54) is 12.2 Å². The van der Waals surface area contributed by atoms with Gasteiger partial charge in [-0.3, -0.25) is 19.3 Å². The molecule has 0 spiro atoms. The number of imide groups is 1. The van der Waals surface area contributed by atoms with E-state index in [2.05, 4.69) is 10.1 Å². The van der Waals surface area contributed by atoms with Crippen molar-refractivity contribution in [2.75, 3.05) is 172 Å². The van der Waals surface area contributed by atoms with Crippen molar-refractivity contribution in [3.8, 4) is 0 Å². The van der Waals surface area contributed by atoms with Gasteiger partial charge in [0.1, 0.15) is 13.2 Å². The van der Waals surface area contributed by atoms with Gasteiger partial charge in [0.2, 0.25) is 5.91 Å². The lowest BCUT2D eigenvalue weighted by atomic mass is 10.5. The Morgan fingerprint density at radius 3 is 1.06 bits per heavy atom. The molecule has 0 aromatic carbocycles. The van der Waals surface area contributed by atoms with Crippen molar-refractivity contribution >= 4 is 23.7 Å². The Morgan fingerprint density at radius 1 is 0.451 bits per heavy atom. The Morgan fingerprint density at radius 2 is 0.745 bits per heavy atom. The summed E-state index contributed by atoms with van der Waals surface area (Å²) in [6, 6.07) is 0. The lowest BCUT2D eigenvalue weighted by Gasteiger charge is -2.13. The summed E-state index contributed by atoms with van der Waals surface area (Å²) in [6.45, 7) is 9.04. The summed E-state index contributed by atoms with van der Waals surface area (Å²) < 4.78 is 64.2. The largest absolute Gasteiger partial charge is 0.480 e.